The standard InChI is InChI=1S/C26H49N5O8.C17H13N3O2.C14H14N4O3.C7H9N5S.C7H8N4OS.FH.H2IP.H2O/c1-22(32)29(37)19-11-5-8-18-28-24(34)14-16-26(36)31(39)20-9-3-2-6-12-23(33)13-15-25(35)30(38)21-10-4-7-17-27;21-16-6-5-12-3-1-2-4-14(12)15(16)11-19-20-17(22)13-7-9-18-10-8-13;1-9-13(20)12(11(8-19)6-16-9)7-17-18-14(21)10-2-4-15-5-3-10;8-5-2-1-3-10-6(5)4-11-12-7(9)13;8-7(13)11-10-3-5-1-2-6(12)4-9-5;;1-2;/h37-39H,2-21,27H2,1H3,(H,28,34);1-11,21H,(H,20,22);2-7,19-20H,8H2,1H3,(H,18,21);1-4H,8H2,(H3,9,12,13);1-4,12H,(H3,8,11,13);1H;2H2;1H2/b;19-11+;17-7+;11-4+;10-3+;;;/i/hD. The number of halogens is 2. The van der Waals surface area contributed by atoms with E-state index in [1.807, 2.05) is 30.3 Å². The first-order chi connectivity index (χ1) is 53.8. The van der Waals surface area contributed by atoms with Gasteiger partial charge in [-0.15, -0.1) is 0 Å². The highest BCUT2D eigenvalue weighted by atomic mass is 127. The summed E-state index contributed by atoms with van der Waals surface area (Å²) in [4.78, 5) is 102. The highest BCUT2D eigenvalue weighted by Crippen LogP contribution is 2.26. The number of nitrogens with zero attached hydrogens (tertiary/aromatic N) is 12. The first kappa shape index (κ1) is 99.1. The third kappa shape index (κ3) is 44.0. The number of hydrazone groups is 4. The third-order valence-corrected chi connectivity index (χ3v) is 14.8. The number of phenols is 1. The summed E-state index contributed by atoms with van der Waals surface area (Å²) in [6.07, 6.45) is 23.4. The maximum Gasteiger partial charge on any atom is 0.271 e. The molecule has 608 valence electrons. The minimum atomic E-state index is -0.533. The van der Waals surface area contributed by atoms with E-state index in [2.05, 4.69) is 127 Å². The van der Waals surface area contributed by atoms with E-state index in [4.69, 9.17) is 32.8 Å². The minimum Gasteiger partial charge on any atom is -0.507 e. The lowest BCUT2D eigenvalue weighted by Gasteiger charge is -2.15. The Hall–Kier alpha value is -11.0. The van der Waals surface area contributed by atoms with Gasteiger partial charge in [-0.25, -0.2) is 26.0 Å². The smallest absolute Gasteiger partial charge is 0.271 e. The Labute approximate surface area is 673 Å². The van der Waals surface area contributed by atoms with Gasteiger partial charge in [0.15, 0.2) is 10.2 Å². The number of carbonyl (C=O) groups is 7. The normalized spacial score (nSPS) is 10.4. The minimum absolute atomic E-state index is 0. The molecule has 0 aliphatic heterocycles. The van der Waals surface area contributed by atoms with Crippen molar-refractivity contribution in [1.82, 2.24) is 67.1 Å². The van der Waals surface area contributed by atoms with Crippen LogP contribution in [0.4, 0.5) is 10.4 Å². The maximum absolute atomic E-state index is 12.0. The lowest BCUT2D eigenvalue weighted by Crippen LogP contribution is -2.31. The molecule has 6 amide bonds. The largest absolute Gasteiger partial charge is 0.507 e. The second-order valence-electron chi connectivity index (χ2n) is 22.9. The summed E-state index contributed by atoms with van der Waals surface area (Å²) in [5, 5.41) is 88.6. The number of hydrogen-bond acceptors (Lipinski definition) is 27. The predicted octanol–water partition coefficient (Wildman–Crippen LogP) is 5.93. The number of carbonyl (C=O) groups excluding carboxylic acids is 7. The van der Waals surface area contributed by atoms with Gasteiger partial charge in [0, 0.05) is 130 Å². The van der Waals surface area contributed by atoms with Gasteiger partial charge >= 0.3 is 0 Å². The number of pyridine rings is 5. The first-order valence-corrected chi connectivity index (χ1v) is 39.0. The van der Waals surface area contributed by atoms with E-state index in [0.29, 0.717) is 124 Å². The average molecular weight is 1730 g/mol. The van der Waals surface area contributed by atoms with Gasteiger partial charge in [-0.3, -0.25) is 89.7 Å². The van der Waals surface area contributed by atoms with Crippen molar-refractivity contribution in [2.45, 2.75) is 117 Å². The number of amides is 6. The van der Waals surface area contributed by atoms with Gasteiger partial charge in [0.25, 0.3) is 13.3 Å². The number of anilines is 1. The number of nitrogens with two attached hydrogens (primary N) is 4. The monoisotopic (exact) mass is 1730 g/mol. The molecule has 2 aromatic carbocycles. The van der Waals surface area contributed by atoms with Gasteiger partial charge < -0.3 is 54.2 Å². The lowest BCUT2D eigenvalue weighted by molar-refractivity contribution is -0.166. The fourth-order valence-electron chi connectivity index (χ4n) is 8.78. The van der Waals surface area contributed by atoms with Crippen molar-refractivity contribution in [3.63, 3.8) is 0 Å². The Kier molecular flexibility index (Phi) is 53.8. The summed E-state index contributed by atoms with van der Waals surface area (Å²) in [7, 11) is 0. The van der Waals surface area contributed by atoms with Crippen LogP contribution in [0.1, 0.15) is 158 Å². The van der Waals surface area contributed by atoms with Crippen LogP contribution >= 0.6 is 53.4 Å². The molecular weight excluding hydrogens is 1630 g/mol. The number of thiocarbonyl (C=S) groups is 2. The topological polar surface area (TPSA) is 580 Å². The van der Waals surface area contributed by atoms with Gasteiger partial charge in [-0.1, -0.05) is 78.5 Å². The Morgan fingerprint density at radius 2 is 1.12 bits per heavy atom. The summed E-state index contributed by atoms with van der Waals surface area (Å²) in [6, 6.07) is 24.0. The van der Waals surface area contributed by atoms with Crippen LogP contribution in [0.5, 0.6) is 17.2 Å². The van der Waals surface area contributed by atoms with Crippen LogP contribution in [0.15, 0.2) is 149 Å². The molecule has 7 rings (SSSR count). The van der Waals surface area contributed by atoms with E-state index in [9.17, 15) is 64.5 Å². The summed E-state index contributed by atoms with van der Waals surface area (Å²) in [5.41, 5.74) is 35.1. The Balaban J connectivity index is 0.00000145. The zero-order valence-electron chi connectivity index (χ0n) is 62.6. The van der Waals surface area contributed by atoms with Crippen LogP contribution in [-0.2, 0) is 30.6 Å². The van der Waals surface area contributed by atoms with Crippen LogP contribution in [-0.4, -0.2) is 192 Å². The lowest BCUT2D eigenvalue weighted by atomic mass is 10.0. The van der Waals surface area contributed by atoms with Crippen LogP contribution in [0.2, 0.25) is 0 Å². The van der Waals surface area contributed by atoms with E-state index >= 15 is 0 Å². The molecule has 0 saturated carbocycles. The molecule has 0 fully saturated rings. The van der Waals surface area contributed by atoms with Crippen LogP contribution in [0.3, 0.4) is 0 Å². The second-order valence-corrected chi connectivity index (χ2v) is 23.8. The number of aryl methyl sites for hydroxylation is 1. The van der Waals surface area contributed by atoms with E-state index < -0.39 is 23.6 Å². The van der Waals surface area contributed by atoms with Crippen molar-refractivity contribution in [2.75, 3.05) is 38.5 Å². The molecule has 0 aliphatic carbocycles. The fraction of sp³-hybridized carbons (Fsp3) is 0.324. The number of aromatic hydroxyl groups is 3. The Morgan fingerprint density at radius 1 is 0.589 bits per heavy atom. The Morgan fingerprint density at radius 3 is 1.66 bits per heavy atom. The number of benzene rings is 2. The maximum atomic E-state index is 12.0. The molecule has 5 heterocycles. The SMILES string of the molecule is CC(=O)N(O)CCCCCNC(=O)CCC(=O)N(O)CCCCCCC(=O)CCC(=O)N(O)CCCCCN.Cc1ncc(CO)c(/C=N/NC(=O)c2ccncc2)c1O.NC(=S)N/N=C/c1ccc(O)cn1.NC(=S)N/N=C/c1ncccc1N.O.O=C(N/N=C/c1c(O)ccc2ccccc12)c1ccncc1.PI.[2H]F. The highest BCUT2D eigenvalue weighted by Gasteiger charge is 2.16. The molecule has 0 bridgehead atoms. The zero-order chi connectivity index (χ0) is 83.4. The van der Waals surface area contributed by atoms with E-state index in [-0.39, 0.29) is 102 Å². The predicted molar refractivity (Wildman–Crippen MR) is 443 cm³/mol. The number of rotatable bonds is 35. The third-order valence-electron chi connectivity index (χ3n) is 14.6. The van der Waals surface area contributed by atoms with Gasteiger partial charge in [-0.2, -0.15) is 20.4 Å². The number of phenolic OH excluding ortho intramolecular Hbond substituents is 1. The molecule has 36 nitrogen and oxygen atoms in total. The van der Waals surface area contributed by atoms with E-state index in [1.165, 1.54) is 75.0 Å². The molecule has 0 aliphatic rings. The number of Topliss-reactive ketones (excluding diaryl/α,β-unsaturated/α-hetero) is 1. The highest BCUT2D eigenvalue weighted by molar-refractivity contribution is 14.2. The average Bonchev–Trinajstić information content (AvgIpc) is 0.804. The van der Waals surface area contributed by atoms with E-state index in [0.717, 1.165) is 36.5 Å². The number of hydrogen-bond donors (Lipinski definition) is 16. The summed E-state index contributed by atoms with van der Waals surface area (Å²) in [6.45, 7) is 6.62. The molecule has 1 atom stereocenters. The van der Waals surface area contributed by atoms with Gasteiger partial charge in [0.2, 0.25) is 23.6 Å². The molecule has 0 saturated heterocycles. The quantitative estimate of drug-likeness (QED) is 0.00416. The van der Waals surface area contributed by atoms with Crippen molar-refractivity contribution in [1.29, 1.82) is 1.45 Å². The molecular formula is C71H98FIN21O15PS2. The first-order valence-electron chi connectivity index (χ1n) is 34.4. The number of ketones is 1. The summed E-state index contributed by atoms with van der Waals surface area (Å²) < 4.78 is 13.0. The van der Waals surface area contributed by atoms with Crippen molar-refractivity contribution < 1.29 is 79.8 Å². The molecule has 7 aromatic rings. The molecule has 0 radical (unpaired) electrons. The molecule has 41 heteroatoms. The zero-order valence-corrected chi connectivity index (χ0v) is 66.5. The van der Waals surface area contributed by atoms with Crippen LogP contribution in [0.25, 0.3) is 10.8 Å². The second kappa shape index (κ2) is 60.8. The number of aliphatic hydroxyl groups is 1. The number of unbranched alkanes of at least 4 members (excludes halogenated alkanes) is 7. The van der Waals surface area contributed by atoms with Crippen molar-refractivity contribution in [3.8, 4) is 17.2 Å². The number of fused-ring (bicyclic) bond motifs is 1. The number of aromatic nitrogens is 5. The number of nitrogen functional groups attached to an aromatic ring is 1. The van der Waals surface area contributed by atoms with Crippen molar-refractivity contribution in [3.05, 3.63) is 173 Å². The fourth-order valence-corrected chi connectivity index (χ4v) is 8.88. The van der Waals surface area contributed by atoms with Gasteiger partial charge in [0.05, 0.1) is 54.7 Å². The molecule has 1 unspecified atom stereocenters. The summed E-state index contributed by atoms with van der Waals surface area (Å²) >= 11 is 11.1. The van der Waals surface area contributed by atoms with Crippen LogP contribution < -0.4 is 50.0 Å². The molecule has 0 spiro atoms. The van der Waals surface area contributed by atoms with Crippen molar-refractivity contribution >= 4 is 146 Å². The molecule has 22 N–H and O–H groups in total. The number of hydroxylamine groups is 6. The van der Waals surface area contributed by atoms with Gasteiger partial charge in [-0.05, 0) is 148 Å². The number of nitrogens with one attached hydrogen (secondary N) is 5. The Bertz CT molecular complexity index is 4130. The molecule has 112 heavy (non-hydrogen) atoms. The van der Waals surface area contributed by atoms with Crippen molar-refractivity contribution in [2.24, 2.45) is 37.6 Å². The van der Waals surface area contributed by atoms with E-state index in [1.54, 1.807) is 61.7 Å². The summed E-state index contributed by atoms with van der Waals surface area (Å²) in [5.74, 6) is -2.33. The van der Waals surface area contributed by atoms with Gasteiger partial charge in [0.1, 0.15) is 28.7 Å². The number of aliphatic hydroxyl groups excluding tert-OH is 1. The molecule has 5 aromatic heterocycles. The van der Waals surface area contributed by atoms with Crippen LogP contribution in [0, 0.1) is 6.92 Å².